The van der Waals surface area contributed by atoms with Crippen LogP contribution in [0.5, 0.6) is 0 Å². The molecule has 0 aliphatic carbocycles. The van der Waals surface area contributed by atoms with Crippen LogP contribution in [-0.4, -0.2) is 36.4 Å². The van der Waals surface area contributed by atoms with Gasteiger partial charge in [0.2, 0.25) is 11.8 Å². The molecule has 32 heavy (non-hydrogen) atoms. The van der Waals surface area contributed by atoms with Crippen LogP contribution in [0, 0.1) is 0 Å². The Hall–Kier alpha value is -0.880. The molecular formula is C26H48N2O2S2. The summed E-state index contributed by atoms with van der Waals surface area (Å²) in [6, 6.07) is 0. The molecule has 0 spiro atoms. The van der Waals surface area contributed by atoms with Crippen LogP contribution in [0.25, 0.3) is 0 Å². The van der Waals surface area contributed by atoms with Crippen LogP contribution in [0.4, 0.5) is 0 Å². The van der Waals surface area contributed by atoms with Crippen LogP contribution in [-0.2, 0) is 9.59 Å². The Morgan fingerprint density at radius 2 is 0.906 bits per heavy atom. The van der Waals surface area contributed by atoms with Gasteiger partial charge >= 0.3 is 0 Å². The van der Waals surface area contributed by atoms with Gasteiger partial charge in [0.05, 0.1) is 0 Å². The van der Waals surface area contributed by atoms with Gasteiger partial charge in [-0.25, -0.2) is 0 Å². The fourth-order valence-electron chi connectivity index (χ4n) is 3.32. The highest BCUT2D eigenvalue weighted by molar-refractivity contribution is 8.76. The molecule has 2 N–H and O–H groups in total. The molecule has 0 aliphatic heterocycles. The Morgan fingerprint density at radius 1 is 0.562 bits per heavy atom. The van der Waals surface area contributed by atoms with E-state index in [1.165, 1.54) is 51.4 Å². The summed E-state index contributed by atoms with van der Waals surface area (Å²) < 4.78 is 0. The van der Waals surface area contributed by atoms with Crippen molar-refractivity contribution >= 4 is 33.4 Å². The number of hydrogen-bond donors (Lipinski definition) is 2. The first-order chi connectivity index (χ1) is 15.7. The van der Waals surface area contributed by atoms with Gasteiger partial charge < -0.3 is 10.6 Å². The van der Waals surface area contributed by atoms with E-state index >= 15 is 0 Å². The van der Waals surface area contributed by atoms with Crippen molar-refractivity contribution in [3.63, 3.8) is 0 Å². The second-order valence-corrected chi connectivity index (χ2v) is 10.9. The lowest BCUT2D eigenvalue weighted by Gasteiger charge is -2.06. The SMILES string of the molecule is C=CCCCCCCCCC(=O)NCCSSCCNC(=O)CCCCCCCCC=C. The van der Waals surface area contributed by atoms with Crippen LogP contribution in [0.3, 0.4) is 0 Å². The van der Waals surface area contributed by atoms with Crippen molar-refractivity contribution in [2.45, 2.75) is 103 Å². The average Bonchev–Trinajstić information content (AvgIpc) is 2.79. The maximum absolute atomic E-state index is 11.8. The molecule has 0 bridgehead atoms. The van der Waals surface area contributed by atoms with Crippen molar-refractivity contribution in [2.75, 3.05) is 24.6 Å². The molecule has 4 nitrogen and oxygen atoms in total. The molecule has 0 heterocycles. The molecule has 0 atom stereocenters. The minimum Gasteiger partial charge on any atom is -0.355 e. The zero-order valence-electron chi connectivity index (χ0n) is 20.3. The minimum absolute atomic E-state index is 0.172. The number of rotatable bonds is 25. The second-order valence-electron chi connectivity index (χ2n) is 8.24. The van der Waals surface area contributed by atoms with Crippen molar-refractivity contribution in [3.8, 4) is 0 Å². The lowest BCUT2D eigenvalue weighted by Crippen LogP contribution is -2.26. The summed E-state index contributed by atoms with van der Waals surface area (Å²) in [5.74, 6) is 2.15. The lowest BCUT2D eigenvalue weighted by molar-refractivity contribution is -0.121. The molecule has 2 amide bonds. The maximum atomic E-state index is 11.8. The van der Waals surface area contributed by atoms with Crippen molar-refractivity contribution in [1.29, 1.82) is 0 Å². The summed E-state index contributed by atoms with van der Waals surface area (Å²) in [6.45, 7) is 8.92. The predicted octanol–water partition coefficient (Wildman–Crippen LogP) is 7.21. The second kappa shape index (κ2) is 26.4. The molecule has 0 radical (unpaired) electrons. The monoisotopic (exact) mass is 484 g/mol. The molecule has 0 saturated carbocycles. The first kappa shape index (κ1) is 31.1. The van der Waals surface area contributed by atoms with Gasteiger partial charge in [-0.3, -0.25) is 9.59 Å². The van der Waals surface area contributed by atoms with Gasteiger partial charge in [-0.05, 0) is 38.5 Å². The highest BCUT2D eigenvalue weighted by atomic mass is 33.1. The number of carbonyl (C=O) groups excluding carboxylic acids is 2. The van der Waals surface area contributed by atoms with Crippen molar-refractivity contribution in [2.24, 2.45) is 0 Å². The molecule has 0 unspecified atom stereocenters. The number of allylic oxidation sites excluding steroid dienone is 2. The summed E-state index contributed by atoms with van der Waals surface area (Å²) in [4.78, 5) is 23.6. The predicted molar refractivity (Wildman–Crippen MR) is 145 cm³/mol. The molecule has 0 aromatic rings. The van der Waals surface area contributed by atoms with Gasteiger partial charge in [-0.15, -0.1) is 13.2 Å². The normalized spacial score (nSPS) is 10.6. The van der Waals surface area contributed by atoms with E-state index in [2.05, 4.69) is 23.8 Å². The third kappa shape index (κ3) is 25.4. The third-order valence-electron chi connectivity index (χ3n) is 5.22. The van der Waals surface area contributed by atoms with Crippen LogP contribution in [0.15, 0.2) is 25.3 Å². The summed E-state index contributed by atoms with van der Waals surface area (Å²) in [6.07, 6.45) is 21.8. The van der Waals surface area contributed by atoms with E-state index in [-0.39, 0.29) is 11.8 Å². The highest BCUT2D eigenvalue weighted by Gasteiger charge is 2.02. The topological polar surface area (TPSA) is 58.2 Å². The molecule has 6 heteroatoms. The van der Waals surface area contributed by atoms with E-state index in [1.54, 1.807) is 21.6 Å². The molecule has 0 fully saturated rings. The zero-order chi connectivity index (χ0) is 23.5. The van der Waals surface area contributed by atoms with Crippen LogP contribution >= 0.6 is 21.6 Å². The van der Waals surface area contributed by atoms with Gasteiger partial charge in [0.15, 0.2) is 0 Å². The van der Waals surface area contributed by atoms with E-state index in [0.29, 0.717) is 12.8 Å². The number of amides is 2. The highest BCUT2D eigenvalue weighted by Crippen LogP contribution is 2.19. The van der Waals surface area contributed by atoms with E-state index in [9.17, 15) is 9.59 Å². The van der Waals surface area contributed by atoms with Gasteiger partial charge in [-0.1, -0.05) is 85.1 Å². The largest absolute Gasteiger partial charge is 0.355 e. The summed E-state index contributed by atoms with van der Waals surface area (Å²) in [5, 5.41) is 6.00. The van der Waals surface area contributed by atoms with Crippen molar-refractivity contribution in [1.82, 2.24) is 10.6 Å². The summed E-state index contributed by atoms with van der Waals surface area (Å²) in [5.41, 5.74) is 0. The molecule has 186 valence electrons. The van der Waals surface area contributed by atoms with Crippen LogP contribution in [0.2, 0.25) is 0 Å². The Kier molecular flexibility index (Phi) is 25.6. The standard InChI is InChI=1S/C26H48N2O2S2/c1-3-5-7-9-11-13-15-17-19-25(29)27-21-23-31-32-24-22-28-26(30)20-18-16-14-12-10-8-6-4-2/h3-4H,1-2,5-24H2,(H,27,29)(H,28,30). The van der Waals surface area contributed by atoms with Gasteiger partial charge in [-0.2, -0.15) is 0 Å². The Balaban J connectivity index is 3.27. The maximum Gasteiger partial charge on any atom is 0.220 e. The molecule has 0 aromatic heterocycles. The van der Waals surface area contributed by atoms with Crippen molar-refractivity contribution in [3.05, 3.63) is 25.3 Å². The fourth-order valence-corrected chi connectivity index (χ4v) is 5.14. The minimum atomic E-state index is 0.172. The third-order valence-corrected chi connectivity index (χ3v) is 7.63. The summed E-state index contributed by atoms with van der Waals surface area (Å²) in [7, 11) is 3.52. The van der Waals surface area contributed by atoms with E-state index in [0.717, 1.165) is 63.1 Å². The van der Waals surface area contributed by atoms with Crippen LogP contribution in [0.1, 0.15) is 103 Å². The molecular weight excluding hydrogens is 436 g/mol. The number of nitrogens with one attached hydrogen (secondary N) is 2. The van der Waals surface area contributed by atoms with Crippen molar-refractivity contribution < 1.29 is 9.59 Å². The Bertz CT molecular complexity index is 431. The molecule has 0 rings (SSSR count). The first-order valence-corrected chi connectivity index (χ1v) is 15.2. The fraction of sp³-hybridized carbons (Fsp3) is 0.769. The van der Waals surface area contributed by atoms with Gasteiger partial charge in [0, 0.05) is 37.4 Å². The van der Waals surface area contributed by atoms with Gasteiger partial charge in [0.25, 0.3) is 0 Å². The smallest absolute Gasteiger partial charge is 0.220 e. The van der Waals surface area contributed by atoms with E-state index in [1.807, 2.05) is 12.2 Å². The number of hydrogen-bond acceptors (Lipinski definition) is 4. The Labute approximate surface area is 206 Å². The quantitative estimate of drug-likeness (QED) is 0.0816. The molecule has 0 saturated heterocycles. The Morgan fingerprint density at radius 3 is 1.28 bits per heavy atom. The molecule has 0 aromatic carbocycles. The number of unbranched alkanes of at least 4 members (excludes halogenated alkanes) is 12. The lowest BCUT2D eigenvalue weighted by atomic mass is 10.1. The van der Waals surface area contributed by atoms with E-state index in [4.69, 9.17) is 0 Å². The zero-order valence-corrected chi connectivity index (χ0v) is 22.0. The average molecular weight is 485 g/mol. The summed E-state index contributed by atoms with van der Waals surface area (Å²) >= 11 is 0. The van der Waals surface area contributed by atoms with Gasteiger partial charge in [0.1, 0.15) is 0 Å². The van der Waals surface area contributed by atoms with Crippen LogP contribution < -0.4 is 10.6 Å². The first-order valence-electron chi connectivity index (χ1n) is 12.7. The number of carbonyl (C=O) groups is 2. The van der Waals surface area contributed by atoms with E-state index < -0.39 is 0 Å². The molecule has 0 aliphatic rings.